The number of allylic oxidation sites excluding steroid dienone is 2. The van der Waals surface area contributed by atoms with Gasteiger partial charge >= 0.3 is 0 Å². The van der Waals surface area contributed by atoms with E-state index in [9.17, 15) is 4.79 Å². The van der Waals surface area contributed by atoms with Crippen molar-refractivity contribution in [1.82, 2.24) is 4.98 Å². The lowest BCUT2D eigenvalue weighted by Gasteiger charge is -2.28. The normalized spacial score (nSPS) is 19.8. The van der Waals surface area contributed by atoms with Gasteiger partial charge in [0.1, 0.15) is 0 Å². The zero-order valence-electron chi connectivity index (χ0n) is 10.5. The zero-order chi connectivity index (χ0) is 11.9. The van der Waals surface area contributed by atoms with Crippen LogP contribution < -0.4 is 0 Å². The van der Waals surface area contributed by atoms with Crippen LogP contribution in [0, 0.1) is 19.3 Å². The lowest BCUT2D eigenvalue weighted by atomic mass is 9.75. The van der Waals surface area contributed by atoms with Crippen molar-refractivity contribution in [1.29, 1.82) is 0 Å². The van der Waals surface area contributed by atoms with Crippen molar-refractivity contribution in [3.63, 3.8) is 0 Å². The molecule has 1 aliphatic rings. The number of carbonyl (C=O) groups excluding carboxylic acids is 1. The van der Waals surface area contributed by atoms with Crippen molar-refractivity contribution < 1.29 is 4.79 Å². The smallest absolute Gasteiger partial charge is 0.156 e. The molecule has 0 radical (unpaired) electrons. The zero-order valence-corrected chi connectivity index (χ0v) is 10.5. The minimum atomic E-state index is 0.0960. The van der Waals surface area contributed by atoms with E-state index >= 15 is 0 Å². The van der Waals surface area contributed by atoms with Gasteiger partial charge in [-0.05, 0) is 49.0 Å². The van der Waals surface area contributed by atoms with E-state index in [1.165, 1.54) is 11.1 Å². The van der Waals surface area contributed by atoms with Gasteiger partial charge in [0.05, 0.1) is 0 Å². The van der Waals surface area contributed by atoms with Crippen molar-refractivity contribution in [2.24, 2.45) is 5.41 Å². The van der Waals surface area contributed by atoms with E-state index < -0.39 is 0 Å². The second-order valence-corrected chi connectivity index (χ2v) is 5.64. The SMILES string of the molecule is Cc1cc(C2=CC(=O)CC(C)(C)C2)c(C)[nH]1. The molecule has 2 rings (SSSR count). The third kappa shape index (κ3) is 2.11. The van der Waals surface area contributed by atoms with Crippen molar-refractivity contribution in [3.8, 4) is 0 Å². The van der Waals surface area contributed by atoms with Crippen LogP contribution in [-0.4, -0.2) is 10.8 Å². The van der Waals surface area contributed by atoms with E-state index in [1.807, 2.05) is 13.0 Å². The molecule has 0 fully saturated rings. The van der Waals surface area contributed by atoms with Gasteiger partial charge in [0, 0.05) is 17.8 Å². The van der Waals surface area contributed by atoms with Crippen LogP contribution in [0.25, 0.3) is 5.57 Å². The molecule has 0 aromatic carbocycles. The number of carbonyl (C=O) groups is 1. The monoisotopic (exact) mass is 217 g/mol. The molecular weight excluding hydrogens is 198 g/mol. The van der Waals surface area contributed by atoms with Crippen molar-refractivity contribution in [2.75, 3.05) is 0 Å². The Morgan fingerprint density at radius 3 is 2.44 bits per heavy atom. The van der Waals surface area contributed by atoms with Gasteiger partial charge in [0.25, 0.3) is 0 Å². The highest BCUT2D eigenvalue weighted by Gasteiger charge is 2.28. The summed E-state index contributed by atoms with van der Waals surface area (Å²) in [6.07, 6.45) is 3.47. The topological polar surface area (TPSA) is 32.9 Å². The van der Waals surface area contributed by atoms with Gasteiger partial charge < -0.3 is 4.98 Å². The Morgan fingerprint density at radius 2 is 1.94 bits per heavy atom. The Balaban J connectivity index is 2.41. The molecule has 2 nitrogen and oxygen atoms in total. The fraction of sp³-hybridized carbons (Fsp3) is 0.500. The summed E-state index contributed by atoms with van der Waals surface area (Å²) in [5.74, 6) is 0.254. The predicted octanol–water partition coefficient (Wildman–Crippen LogP) is 3.40. The van der Waals surface area contributed by atoms with Crippen LogP contribution in [0.1, 0.15) is 43.6 Å². The summed E-state index contributed by atoms with van der Waals surface area (Å²) < 4.78 is 0. The van der Waals surface area contributed by atoms with Crippen LogP contribution in [0.5, 0.6) is 0 Å². The summed E-state index contributed by atoms with van der Waals surface area (Å²) in [7, 11) is 0. The third-order valence-corrected chi connectivity index (χ3v) is 3.15. The number of hydrogen-bond donors (Lipinski definition) is 1. The molecule has 0 bridgehead atoms. The maximum Gasteiger partial charge on any atom is 0.156 e. The summed E-state index contributed by atoms with van der Waals surface area (Å²) in [5.41, 5.74) is 4.80. The van der Waals surface area contributed by atoms with E-state index in [-0.39, 0.29) is 11.2 Å². The average molecular weight is 217 g/mol. The quantitative estimate of drug-likeness (QED) is 0.768. The third-order valence-electron chi connectivity index (χ3n) is 3.15. The van der Waals surface area contributed by atoms with Crippen LogP contribution in [0.2, 0.25) is 0 Å². The van der Waals surface area contributed by atoms with E-state index in [0.29, 0.717) is 6.42 Å². The number of ketones is 1. The van der Waals surface area contributed by atoms with Gasteiger partial charge in [0.15, 0.2) is 5.78 Å². The molecule has 1 heterocycles. The molecule has 1 aromatic heterocycles. The number of aromatic amines is 1. The second kappa shape index (κ2) is 3.62. The van der Waals surface area contributed by atoms with Crippen LogP contribution >= 0.6 is 0 Å². The average Bonchev–Trinajstić information content (AvgIpc) is 2.41. The van der Waals surface area contributed by atoms with E-state index in [4.69, 9.17) is 0 Å². The summed E-state index contributed by atoms with van der Waals surface area (Å²) >= 11 is 0. The van der Waals surface area contributed by atoms with Gasteiger partial charge in [-0.2, -0.15) is 0 Å². The first kappa shape index (κ1) is 11.2. The molecule has 86 valence electrons. The second-order valence-electron chi connectivity index (χ2n) is 5.64. The Morgan fingerprint density at radius 1 is 1.25 bits per heavy atom. The first-order valence-electron chi connectivity index (χ1n) is 5.77. The number of nitrogens with one attached hydrogen (secondary N) is 1. The Bertz CT molecular complexity index is 463. The molecule has 1 N–H and O–H groups in total. The Hall–Kier alpha value is -1.31. The Kier molecular flexibility index (Phi) is 2.53. The fourth-order valence-corrected chi connectivity index (χ4v) is 2.58. The predicted molar refractivity (Wildman–Crippen MR) is 66.3 cm³/mol. The molecule has 0 unspecified atom stereocenters. The number of rotatable bonds is 1. The summed E-state index contributed by atoms with van der Waals surface area (Å²) in [4.78, 5) is 15.0. The van der Waals surface area contributed by atoms with Crippen LogP contribution in [0.4, 0.5) is 0 Å². The van der Waals surface area contributed by atoms with E-state index in [2.05, 4.69) is 31.8 Å². The highest BCUT2D eigenvalue weighted by molar-refractivity contribution is 5.99. The number of H-pyrrole nitrogens is 1. The van der Waals surface area contributed by atoms with Crippen molar-refractivity contribution in [3.05, 3.63) is 29.1 Å². The standard InChI is InChI=1S/C14H19NO/c1-9-5-13(10(2)15-9)11-6-12(16)8-14(3,4)7-11/h5-6,15H,7-8H2,1-4H3. The molecule has 0 saturated heterocycles. The molecule has 0 saturated carbocycles. The molecule has 16 heavy (non-hydrogen) atoms. The van der Waals surface area contributed by atoms with Gasteiger partial charge in [0.2, 0.25) is 0 Å². The van der Waals surface area contributed by atoms with Crippen molar-refractivity contribution in [2.45, 2.75) is 40.5 Å². The summed E-state index contributed by atoms with van der Waals surface area (Å²) in [5, 5.41) is 0. The van der Waals surface area contributed by atoms with E-state index in [1.54, 1.807) is 0 Å². The largest absolute Gasteiger partial charge is 0.362 e. The van der Waals surface area contributed by atoms with Crippen molar-refractivity contribution >= 4 is 11.4 Å². The molecule has 0 spiro atoms. The number of aryl methyl sites for hydroxylation is 2. The van der Waals surface area contributed by atoms with E-state index in [0.717, 1.165) is 17.8 Å². The maximum atomic E-state index is 11.7. The molecule has 0 atom stereocenters. The van der Waals surface area contributed by atoms with Gasteiger partial charge in [-0.25, -0.2) is 0 Å². The van der Waals surface area contributed by atoms with Gasteiger partial charge in [-0.3, -0.25) is 4.79 Å². The minimum absolute atomic E-state index is 0.0960. The summed E-state index contributed by atoms with van der Waals surface area (Å²) in [6, 6.07) is 2.13. The highest BCUT2D eigenvalue weighted by atomic mass is 16.1. The van der Waals surface area contributed by atoms with Crippen LogP contribution in [-0.2, 0) is 4.79 Å². The molecule has 2 heteroatoms. The lowest BCUT2D eigenvalue weighted by molar-refractivity contribution is -0.116. The summed E-state index contributed by atoms with van der Waals surface area (Å²) in [6.45, 7) is 8.43. The molecular formula is C14H19NO. The minimum Gasteiger partial charge on any atom is -0.362 e. The molecule has 1 aliphatic carbocycles. The highest BCUT2D eigenvalue weighted by Crippen LogP contribution is 2.38. The molecule has 1 aromatic rings. The number of aromatic nitrogens is 1. The van der Waals surface area contributed by atoms with Gasteiger partial charge in [-0.1, -0.05) is 13.8 Å². The molecule has 0 amide bonds. The first-order chi connectivity index (χ1) is 7.37. The first-order valence-corrected chi connectivity index (χ1v) is 5.77. The van der Waals surface area contributed by atoms with Crippen LogP contribution in [0.3, 0.4) is 0 Å². The lowest BCUT2D eigenvalue weighted by Crippen LogP contribution is -2.21. The van der Waals surface area contributed by atoms with Crippen LogP contribution in [0.15, 0.2) is 12.1 Å². The Labute approximate surface area is 96.8 Å². The number of hydrogen-bond acceptors (Lipinski definition) is 1. The maximum absolute atomic E-state index is 11.7. The van der Waals surface area contributed by atoms with Gasteiger partial charge in [-0.15, -0.1) is 0 Å². The fourth-order valence-electron chi connectivity index (χ4n) is 2.58. The molecule has 0 aliphatic heterocycles.